The minimum absolute atomic E-state index is 0.243. The van der Waals surface area contributed by atoms with Gasteiger partial charge in [0.25, 0.3) is 5.56 Å². The number of carboxylic acid groups (broad SMARTS) is 1. The van der Waals surface area contributed by atoms with E-state index in [1.807, 2.05) is 6.07 Å². The number of carbonyl (C=O) groups is 1. The third-order valence-corrected chi connectivity index (χ3v) is 2.76. The lowest BCUT2D eigenvalue weighted by molar-refractivity contribution is 0.0694. The van der Waals surface area contributed by atoms with E-state index in [4.69, 9.17) is 5.11 Å². The molecule has 0 aliphatic heterocycles. The van der Waals surface area contributed by atoms with Gasteiger partial charge in [0, 0.05) is 16.4 Å². The maximum Gasteiger partial charge on any atom is 0.341 e. The fourth-order valence-corrected chi connectivity index (χ4v) is 1.87. The molecule has 0 atom stereocenters. The predicted octanol–water partition coefficient (Wildman–Crippen LogP) is 2.30. The Morgan fingerprint density at radius 2 is 2.00 bits per heavy atom. The second kappa shape index (κ2) is 4.55. The quantitative estimate of drug-likeness (QED) is 0.924. The van der Waals surface area contributed by atoms with Crippen molar-refractivity contribution in [2.75, 3.05) is 0 Å². The molecule has 1 aromatic carbocycles. The molecular weight excluding hydrogens is 286 g/mol. The van der Waals surface area contributed by atoms with Crippen molar-refractivity contribution in [3.63, 3.8) is 0 Å². The van der Waals surface area contributed by atoms with Gasteiger partial charge in [0.2, 0.25) is 0 Å². The lowest BCUT2D eigenvalue weighted by Gasteiger charge is -2.06. The smallest absolute Gasteiger partial charge is 0.341 e. The van der Waals surface area contributed by atoms with Crippen molar-refractivity contribution in [3.05, 3.63) is 63.0 Å². The highest BCUT2D eigenvalue weighted by Crippen LogP contribution is 2.14. The molecule has 0 aliphatic rings. The Morgan fingerprint density at radius 3 is 2.65 bits per heavy atom. The Bertz CT molecular complexity index is 634. The summed E-state index contributed by atoms with van der Waals surface area (Å²) in [6.07, 6.45) is 1.54. The van der Waals surface area contributed by atoms with Crippen LogP contribution in [0.2, 0.25) is 0 Å². The van der Waals surface area contributed by atoms with Crippen molar-refractivity contribution >= 4 is 21.9 Å². The molecule has 0 aliphatic carbocycles. The molecule has 0 fully saturated rings. The topological polar surface area (TPSA) is 59.3 Å². The fraction of sp³-hybridized carbons (Fsp3) is 0. The minimum Gasteiger partial charge on any atom is -0.477 e. The van der Waals surface area contributed by atoms with Crippen molar-refractivity contribution in [3.8, 4) is 5.69 Å². The summed E-state index contributed by atoms with van der Waals surface area (Å²) in [5.41, 5.74) is -0.168. The fourth-order valence-electron chi connectivity index (χ4n) is 1.49. The van der Waals surface area contributed by atoms with E-state index >= 15 is 0 Å². The molecule has 5 heteroatoms. The van der Waals surface area contributed by atoms with Crippen molar-refractivity contribution in [2.45, 2.75) is 0 Å². The first-order chi connectivity index (χ1) is 8.09. The van der Waals surface area contributed by atoms with E-state index in [-0.39, 0.29) is 5.56 Å². The maximum atomic E-state index is 11.9. The van der Waals surface area contributed by atoms with Crippen LogP contribution in [-0.4, -0.2) is 15.6 Å². The molecule has 2 aromatic rings. The second-order valence-electron chi connectivity index (χ2n) is 3.38. The Labute approximate surface area is 105 Å². The van der Waals surface area contributed by atoms with Gasteiger partial charge in [-0.15, -0.1) is 0 Å². The first kappa shape index (κ1) is 11.6. The first-order valence-electron chi connectivity index (χ1n) is 4.80. The maximum absolute atomic E-state index is 11.9. The molecule has 2 rings (SSSR count). The molecule has 0 amide bonds. The molecule has 0 radical (unpaired) electrons. The van der Waals surface area contributed by atoms with E-state index < -0.39 is 11.5 Å². The van der Waals surface area contributed by atoms with E-state index in [9.17, 15) is 9.59 Å². The highest BCUT2D eigenvalue weighted by atomic mass is 79.9. The summed E-state index contributed by atoms with van der Waals surface area (Å²) in [6, 6.07) is 9.91. The second-order valence-corrected chi connectivity index (χ2v) is 4.30. The Balaban J connectivity index is 2.65. The van der Waals surface area contributed by atoms with Crippen LogP contribution in [0.3, 0.4) is 0 Å². The van der Waals surface area contributed by atoms with Crippen LogP contribution < -0.4 is 5.56 Å². The first-order valence-corrected chi connectivity index (χ1v) is 5.60. The van der Waals surface area contributed by atoms with Gasteiger partial charge in [0.15, 0.2) is 0 Å². The number of pyridine rings is 1. The molecule has 1 aromatic heterocycles. The van der Waals surface area contributed by atoms with E-state index in [2.05, 4.69) is 15.9 Å². The van der Waals surface area contributed by atoms with Gasteiger partial charge in [-0.3, -0.25) is 9.36 Å². The van der Waals surface area contributed by atoms with Gasteiger partial charge in [-0.05, 0) is 30.3 Å². The molecule has 0 unspecified atom stereocenters. The number of nitrogens with zero attached hydrogens (tertiary/aromatic N) is 1. The number of aromatic carboxylic acids is 1. The number of benzene rings is 1. The normalized spacial score (nSPS) is 10.2. The molecule has 1 heterocycles. The number of aromatic nitrogens is 1. The molecule has 0 bridgehead atoms. The average Bonchev–Trinajstić information content (AvgIpc) is 2.29. The van der Waals surface area contributed by atoms with E-state index in [0.29, 0.717) is 5.69 Å². The van der Waals surface area contributed by atoms with Gasteiger partial charge in [-0.25, -0.2) is 4.79 Å². The molecule has 1 N–H and O–H groups in total. The highest BCUT2D eigenvalue weighted by Gasteiger charge is 2.10. The van der Waals surface area contributed by atoms with Crippen LogP contribution in [0.5, 0.6) is 0 Å². The van der Waals surface area contributed by atoms with Crippen molar-refractivity contribution < 1.29 is 9.90 Å². The van der Waals surface area contributed by atoms with Crippen LogP contribution >= 0.6 is 15.9 Å². The summed E-state index contributed by atoms with van der Waals surface area (Å²) in [4.78, 5) is 22.7. The predicted molar refractivity (Wildman–Crippen MR) is 66.7 cm³/mol. The molecule has 86 valence electrons. The lowest BCUT2D eigenvalue weighted by atomic mass is 10.2. The minimum atomic E-state index is -1.22. The van der Waals surface area contributed by atoms with E-state index in [1.165, 1.54) is 22.9 Å². The summed E-state index contributed by atoms with van der Waals surface area (Å²) in [6.45, 7) is 0. The largest absolute Gasteiger partial charge is 0.477 e. The van der Waals surface area contributed by atoms with Crippen LogP contribution in [-0.2, 0) is 0 Å². The van der Waals surface area contributed by atoms with E-state index in [1.54, 1.807) is 18.2 Å². The van der Waals surface area contributed by atoms with Crippen molar-refractivity contribution in [1.82, 2.24) is 4.57 Å². The molecule has 4 nitrogen and oxygen atoms in total. The Hall–Kier alpha value is -1.88. The third kappa shape index (κ3) is 2.29. The molecule has 0 saturated heterocycles. The zero-order chi connectivity index (χ0) is 12.4. The van der Waals surface area contributed by atoms with Crippen LogP contribution in [0.15, 0.2) is 51.9 Å². The highest BCUT2D eigenvalue weighted by molar-refractivity contribution is 9.10. The van der Waals surface area contributed by atoms with Crippen LogP contribution in [0.1, 0.15) is 10.4 Å². The summed E-state index contributed by atoms with van der Waals surface area (Å²) in [5, 5.41) is 8.87. The van der Waals surface area contributed by atoms with Gasteiger partial charge in [-0.1, -0.05) is 22.0 Å². The van der Waals surface area contributed by atoms with Crippen molar-refractivity contribution in [1.29, 1.82) is 0 Å². The number of hydrogen-bond acceptors (Lipinski definition) is 2. The standard InChI is InChI=1S/C12H8BrNO3/c13-8-3-1-4-9(7-8)14-6-2-5-10(11(14)15)12(16)17/h1-7H,(H,16,17). The lowest BCUT2D eigenvalue weighted by Crippen LogP contribution is -2.24. The number of carboxylic acids is 1. The number of rotatable bonds is 2. The SMILES string of the molecule is O=C(O)c1cccn(-c2cccc(Br)c2)c1=O. The number of halogens is 1. The molecule has 17 heavy (non-hydrogen) atoms. The van der Waals surface area contributed by atoms with Gasteiger partial charge in [0.1, 0.15) is 5.56 Å². The van der Waals surface area contributed by atoms with Crippen molar-refractivity contribution in [2.24, 2.45) is 0 Å². The molecular formula is C12H8BrNO3. The Morgan fingerprint density at radius 1 is 1.24 bits per heavy atom. The zero-order valence-electron chi connectivity index (χ0n) is 8.63. The number of hydrogen-bond donors (Lipinski definition) is 1. The zero-order valence-corrected chi connectivity index (χ0v) is 10.2. The summed E-state index contributed by atoms with van der Waals surface area (Å²) in [5.74, 6) is -1.22. The third-order valence-electron chi connectivity index (χ3n) is 2.26. The summed E-state index contributed by atoms with van der Waals surface area (Å²) < 4.78 is 2.12. The monoisotopic (exact) mass is 293 g/mol. The van der Waals surface area contributed by atoms with Gasteiger partial charge in [0.05, 0.1) is 0 Å². The van der Waals surface area contributed by atoms with Gasteiger partial charge in [-0.2, -0.15) is 0 Å². The van der Waals surface area contributed by atoms with E-state index in [0.717, 1.165) is 4.47 Å². The molecule has 0 spiro atoms. The Kier molecular flexibility index (Phi) is 3.10. The van der Waals surface area contributed by atoms with Gasteiger partial charge < -0.3 is 5.11 Å². The van der Waals surface area contributed by atoms with Crippen LogP contribution in [0.25, 0.3) is 5.69 Å². The van der Waals surface area contributed by atoms with Crippen LogP contribution in [0.4, 0.5) is 0 Å². The van der Waals surface area contributed by atoms with Gasteiger partial charge >= 0.3 is 5.97 Å². The average molecular weight is 294 g/mol. The van der Waals surface area contributed by atoms with Crippen LogP contribution in [0, 0.1) is 0 Å². The summed E-state index contributed by atoms with van der Waals surface area (Å²) >= 11 is 3.30. The molecule has 0 saturated carbocycles. The summed E-state index contributed by atoms with van der Waals surface area (Å²) in [7, 11) is 0.